The number of para-hydroxylation sites is 1. The van der Waals surface area contributed by atoms with E-state index in [1.54, 1.807) is 6.07 Å². The number of phenols is 1. The van der Waals surface area contributed by atoms with Gasteiger partial charge in [-0.3, -0.25) is 10.3 Å². The van der Waals surface area contributed by atoms with E-state index in [-0.39, 0.29) is 12.2 Å². The van der Waals surface area contributed by atoms with Crippen LogP contribution < -0.4 is 5.32 Å². The van der Waals surface area contributed by atoms with E-state index >= 15 is 0 Å². The third-order valence-electron chi connectivity index (χ3n) is 4.92. The number of phenolic OH excluding ortho intramolecular Hbond substituents is 1. The summed E-state index contributed by atoms with van der Waals surface area (Å²) in [6.07, 6.45) is 0.516. The highest BCUT2D eigenvalue weighted by Gasteiger charge is 2.27. The minimum absolute atomic E-state index is 0.0271. The number of aromatic hydroxyl groups is 1. The molecule has 0 saturated carbocycles. The van der Waals surface area contributed by atoms with E-state index < -0.39 is 0 Å². The van der Waals surface area contributed by atoms with Gasteiger partial charge in [0.15, 0.2) is 0 Å². The quantitative estimate of drug-likeness (QED) is 0.627. The van der Waals surface area contributed by atoms with Crippen molar-refractivity contribution in [3.8, 4) is 5.75 Å². The first-order chi connectivity index (χ1) is 13.1. The summed E-state index contributed by atoms with van der Waals surface area (Å²) < 4.78 is 0. The number of aryl methyl sites for hydroxylation is 1. The summed E-state index contributed by atoms with van der Waals surface area (Å²) in [5.41, 5.74) is 5.29. The number of halogens is 1. The Hall–Kier alpha value is -2.62. The highest BCUT2D eigenvalue weighted by atomic mass is 35.5. The standard InChI is InChI=1S/C23H21ClN2O/c1-15-6-8-16(9-7-15)20-14-21(19-4-2-3-5-22(19)27)26-23(25-20)17-10-12-18(24)13-11-17/h2-13,21,23,26-27H,14H2,1H3. The zero-order valence-corrected chi connectivity index (χ0v) is 15.8. The average molecular weight is 377 g/mol. The van der Waals surface area contributed by atoms with Gasteiger partial charge in [-0.1, -0.05) is 71.8 Å². The molecule has 4 rings (SSSR count). The number of aliphatic imine (C=N–C) groups is 1. The lowest BCUT2D eigenvalue weighted by atomic mass is 9.93. The van der Waals surface area contributed by atoms with Gasteiger partial charge in [-0.05, 0) is 36.2 Å². The van der Waals surface area contributed by atoms with Gasteiger partial charge in [0.1, 0.15) is 11.9 Å². The molecule has 3 aromatic rings. The largest absolute Gasteiger partial charge is 0.508 e. The Balaban J connectivity index is 1.75. The van der Waals surface area contributed by atoms with E-state index in [1.807, 2.05) is 42.5 Å². The monoisotopic (exact) mass is 376 g/mol. The van der Waals surface area contributed by atoms with Crippen LogP contribution in [-0.4, -0.2) is 10.8 Å². The lowest BCUT2D eigenvalue weighted by Gasteiger charge is -2.31. The van der Waals surface area contributed by atoms with Gasteiger partial charge in [0.25, 0.3) is 0 Å². The molecule has 1 heterocycles. The molecule has 1 aliphatic heterocycles. The lowest BCUT2D eigenvalue weighted by molar-refractivity contribution is 0.413. The predicted molar refractivity (Wildman–Crippen MR) is 111 cm³/mol. The number of hydrogen-bond acceptors (Lipinski definition) is 3. The van der Waals surface area contributed by atoms with Gasteiger partial charge >= 0.3 is 0 Å². The van der Waals surface area contributed by atoms with Crippen LogP contribution in [0, 0.1) is 6.92 Å². The summed E-state index contributed by atoms with van der Waals surface area (Å²) in [5, 5.41) is 14.6. The molecule has 3 nitrogen and oxygen atoms in total. The molecule has 0 spiro atoms. The van der Waals surface area contributed by atoms with Crippen molar-refractivity contribution in [3.05, 3.63) is 100 Å². The van der Waals surface area contributed by atoms with Crippen molar-refractivity contribution < 1.29 is 5.11 Å². The molecular weight excluding hydrogens is 356 g/mol. The summed E-state index contributed by atoms with van der Waals surface area (Å²) in [6, 6.07) is 23.6. The number of nitrogens with one attached hydrogen (secondary N) is 1. The van der Waals surface area contributed by atoms with E-state index in [2.05, 4.69) is 36.5 Å². The van der Waals surface area contributed by atoms with Crippen LogP contribution in [0.5, 0.6) is 5.75 Å². The van der Waals surface area contributed by atoms with Gasteiger partial charge in [0.05, 0.1) is 0 Å². The van der Waals surface area contributed by atoms with Crippen LogP contribution in [0.4, 0.5) is 0 Å². The van der Waals surface area contributed by atoms with Gasteiger partial charge in [-0.25, -0.2) is 0 Å². The maximum atomic E-state index is 10.4. The Labute approximate surface area is 164 Å². The molecule has 1 aliphatic rings. The van der Waals surface area contributed by atoms with Crippen LogP contribution in [-0.2, 0) is 0 Å². The summed E-state index contributed by atoms with van der Waals surface area (Å²) >= 11 is 6.05. The van der Waals surface area contributed by atoms with Crippen molar-refractivity contribution >= 4 is 17.3 Å². The van der Waals surface area contributed by atoms with Crippen LogP contribution >= 0.6 is 11.6 Å². The van der Waals surface area contributed by atoms with E-state index in [9.17, 15) is 5.11 Å². The van der Waals surface area contributed by atoms with E-state index in [0.29, 0.717) is 17.2 Å². The summed E-state index contributed by atoms with van der Waals surface area (Å²) in [5.74, 6) is 0.301. The minimum atomic E-state index is -0.197. The second kappa shape index (κ2) is 7.55. The molecule has 2 N–H and O–H groups in total. The zero-order chi connectivity index (χ0) is 18.8. The van der Waals surface area contributed by atoms with Crippen molar-refractivity contribution in [3.63, 3.8) is 0 Å². The third-order valence-corrected chi connectivity index (χ3v) is 5.18. The summed E-state index contributed by atoms with van der Waals surface area (Å²) in [7, 11) is 0. The van der Waals surface area contributed by atoms with Gasteiger partial charge in [-0.15, -0.1) is 0 Å². The first-order valence-electron chi connectivity index (χ1n) is 9.03. The fourth-order valence-corrected chi connectivity index (χ4v) is 3.55. The molecule has 0 aliphatic carbocycles. The molecular formula is C23H21ClN2O. The molecule has 3 aromatic carbocycles. The smallest absolute Gasteiger partial charge is 0.126 e. The SMILES string of the molecule is Cc1ccc(C2=NC(c3ccc(Cl)cc3)NC(c3ccccc3O)C2)cc1. The normalized spacial score (nSPS) is 19.6. The molecule has 2 unspecified atom stereocenters. The molecule has 0 bridgehead atoms. The number of benzene rings is 3. The number of nitrogens with zero attached hydrogens (tertiary/aromatic N) is 1. The van der Waals surface area contributed by atoms with Gasteiger partial charge < -0.3 is 5.11 Å². The number of rotatable bonds is 3. The maximum absolute atomic E-state index is 10.4. The van der Waals surface area contributed by atoms with E-state index in [4.69, 9.17) is 16.6 Å². The molecule has 0 amide bonds. The van der Waals surface area contributed by atoms with Gasteiger partial charge in [0, 0.05) is 28.8 Å². The Bertz CT molecular complexity index is 964. The Morgan fingerprint density at radius 1 is 0.963 bits per heavy atom. The molecule has 2 atom stereocenters. The number of hydrogen-bond donors (Lipinski definition) is 2. The molecule has 136 valence electrons. The summed E-state index contributed by atoms with van der Waals surface area (Å²) in [4.78, 5) is 4.97. The highest BCUT2D eigenvalue weighted by Crippen LogP contribution is 2.34. The second-order valence-electron chi connectivity index (χ2n) is 6.88. The summed E-state index contributed by atoms with van der Waals surface area (Å²) in [6.45, 7) is 2.08. The second-order valence-corrected chi connectivity index (χ2v) is 7.31. The van der Waals surface area contributed by atoms with Crippen molar-refractivity contribution in [1.82, 2.24) is 5.32 Å². The first kappa shape index (κ1) is 17.8. The average Bonchev–Trinajstić information content (AvgIpc) is 2.69. The molecule has 0 fully saturated rings. The molecule has 0 saturated heterocycles. The van der Waals surface area contributed by atoms with E-state index in [0.717, 1.165) is 22.4 Å². The van der Waals surface area contributed by atoms with Gasteiger partial charge in [-0.2, -0.15) is 0 Å². The zero-order valence-electron chi connectivity index (χ0n) is 15.1. The molecule has 27 heavy (non-hydrogen) atoms. The van der Waals surface area contributed by atoms with Gasteiger partial charge in [0.2, 0.25) is 0 Å². The van der Waals surface area contributed by atoms with Crippen LogP contribution in [0.2, 0.25) is 5.02 Å². The topological polar surface area (TPSA) is 44.6 Å². The predicted octanol–water partition coefficient (Wildman–Crippen LogP) is 5.58. The highest BCUT2D eigenvalue weighted by molar-refractivity contribution is 6.30. The molecule has 0 radical (unpaired) electrons. The van der Waals surface area contributed by atoms with E-state index in [1.165, 1.54) is 5.56 Å². The lowest BCUT2D eigenvalue weighted by Crippen LogP contribution is -2.33. The van der Waals surface area contributed by atoms with Crippen molar-refractivity contribution in [2.45, 2.75) is 25.6 Å². The fourth-order valence-electron chi connectivity index (χ4n) is 3.42. The van der Waals surface area contributed by atoms with Crippen LogP contribution in [0.3, 0.4) is 0 Å². The Morgan fingerprint density at radius 2 is 1.67 bits per heavy atom. The van der Waals surface area contributed by atoms with Crippen molar-refractivity contribution in [1.29, 1.82) is 0 Å². The van der Waals surface area contributed by atoms with Crippen LogP contribution in [0.25, 0.3) is 0 Å². The van der Waals surface area contributed by atoms with Crippen molar-refractivity contribution in [2.75, 3.05) is 0 Å². The third kappa shape index (κ3) is 3.90. The first-order valence-corrected chi connectivity index (χ1v) is 9.41. The fraction of sp³-hybridized carbons (Fsp3) is 0.174. The Kier molecular flexibility index (Phi) is 4.97. The Morgan fingerprint density at radius 3 is 2.37 bits per heavy atom. The van der Waals surface area contributed by atoms with Crippen molar-refractivity contribution in [2.24, 2.45) is 4.99 Å². The van der Waals surface area contributed by atoms with Crippen LogP contribution in [0.15, 0.2) is 77.8 Å². The molecule has 4 heteroatoms. The minimum Gasteiger partial charge on any atom is -0.508 e. The maximum Gasteiger partial charge on any atom is 0.126 e. The molecule has 0 aromatic heterocycles. The van der Waals surface area contributed by atoms with Crippen LogP contribution in [0.1, 0.15) is 40.9 Å².